The van der Waals surface area contributed by atoms with Gasteiger partial charge in [0.2, 0.25) is 5.89 Å². The maximum absolute atomic E-state index is 12.0. The lowest BCUT2D eigenvalue weighted by Crippen LogP contribution is -2.25. The highest BCUT2D eigenvalue weighted by atomic mass is 32.1. The smallest absolute Gasteiger partial charge is 0.328 e. The molecule has 0 aliphatic rings. The van der Waals surface area contributed by atoms with Gasteiger partial charge in [-0.3, -0.25) is 4.79 Å². The molecule has 2 aromatic heterocycles. The number of nitrogens with one attached hydrogen (secondary N) is 1. The van der Waals surface area contributed by atoms with Crippen molar-refractivity contribution < 1.29 is 19.2 Å². The first-order chi connectivity index (χ1) is 9.66. The van der Waals surface area contributed by atoms with E-state index in [0.717, 1.165) is 6.08 Å². The summed E-state index contributed by atoms with van der Waals surface area (Å²) in [4.78, 5) is 26.7. The zero-order chi connectivity index (χ0) is 14.4. The third-order valence-electron chi connectivity index (χ3n) is 2.34. The maximum atomic E-state index is 12.0. The fraction of sp³-hybridized carbons (Fsp3) is 0.167. The van der Waals surface area contributed by atoms with Crippen molar-refractivity contribution in [3.05, 3.63) is 40.2 Å². The van der Waals surface area contributed by atoms with Gasteiger partial charge in [-0.1, -0.05) is 5.16 Å². The molecule has 0 saturated heterocycles. The molecule has 2 N–H and O–H groups in total. The number of thiophene rings is 1. The molecule has 2 aromatic rings. The van der Waals surface area contributed by atoms with Gasteiger partial charge in [-0.2, -0.15) is 4.98 Å². The molecule has 0 unspecified atom stereocenters. The van der Waals surface area contributed by atoms with Gasteiger partial charge in [0.15, 0.2) is 6.33 Å². The van der Waals surface area contributed by atoms with Crippen molar-refractivity contribution in [2.24, 2.45) is 0 Å². The van der Waals surface area contributed by atoms with Crippen LogP contribution in [-0.4, -0.2) is 33.7 Å². The second kappa shape index (κ2) is 6.62. The molecule has 0 spiro atoms. The molecule has 0 aromatic carbocycles. The Morgan fingerprint density at radius 3 is 3.05 bits per heavy atom. The van der Waals surface area contributed by atoms with Crippen LogP contribution in [0.15, 0.2) is 28.4 Å². The number of carboxylic acid groups (broad SMARTS) is 1. The van der Waals surface area contributed by atoms with Crippen LogP contribution < -0.4 is 5.32 Å². The van der Waals surface area contributed by atoms with Gasteiger partial charge in [-0.15, -0.1) is 11.3 Å². The van der Waals surface area contributed by atoms with Crippen LogP contribution in [-0.2, 0) is 11.2 Å². The van der Waals surface area contributed by atoms with Gasteiger partial charge in [0.05, 0.1) is 4.88 Å². The summed E-state index contributed by atoms with van der Waals surface area (Å²) in [5.74, 6) is -0.869. The summed E-state index contributed by atoms with van der Waals surface area (Å²) in [5, 5.41) is 16.5. The van der Waals surface area contributed by atoms with E-state index >= 15 is 0 Å². The zero-order valence-corrected chi connectivity index (χ0v) is 11.1. The molecule has 0 atom stereocenters. The van der Waals surface area contributed by atoms with Gasteiger partial charge in [0, 0.05) is 19.0 Å². The van der Waals surface area contributed by atoms with E-state index in [1.807, 2.05) is 0 Å². The normalized spacial score (nSPS) is 10.8. The predicted octanol–water partition coefficient (Wildman–Crippen LogP) is 1.20. The minimum Gasteiger partial charge on any atom is -0.478 e. The number of hydrogen-bond acceptors (Lipinski definition) is 6. The highest BCUT2D eigenvalue weighted by molar-refractivity contribution is 7.12. The van der Waals surface area contributed by atoms with Crippen molar-refractivity contribution in [2.45, 2.75) is 6.42 Å². The summed E-state index contributed by atoms with van der Waals surface area (Å²) in [5.41, 5.74) is 0.577. The summed E-state index contributed by atoms with van der Waals surface area (Å²) in [6, 6.07) is 1.69. The topological polar surface area (TPSA) is 105 Å². The van der Waals surface area contributed by atoms with E-state index in [-0.39, 0.29) is 5.91 Å². The number of aromatic nitrogens is 2. The van der Waals surface area contributed by atoms with Crippen LogP contribution in [0.4, 0.5) is 0 Å². The van der Waals surface area contributed by atoms with E-state index in [4.69, 9.17) is 9.63 Å². The summed E-state index contributed by atoms with van der Waals surface area (Å²) in [6.45, 7) is 0.362. The first-order valence-corrected chi connectivity index (χ1v) is 6.57. The summed E-state index contributed by atoms with van der Waals surface area (Å²) in [6.07, 6.45) is 4.13. The summed E-state index contributed by atoms with van der Waals surface area (Å²) in [7, 11) is 0. The summed E-state index contributed by atoms with van der Waals surface area (Å²) < 4.78 is 4.81. The average Bonchev–Trinajstić information content (AvgIpc) is 3.07. The number of carboxylic acids is 1. The summed E-state index contributed by atoms with van der Waals surface area (Å²) >= 11 is 1.25. The van der Waals surface area contributed by atoms with Crippen molar-refractivity contribution >= 4 is 29.3 Å². The Balaban J connectivity index is 1.92. The second-order valence-corrected chi connectivity index (χ2v) is 4.63. The SMILES string of the molecule is O=C(O)/C=C/c1ccsc1C(=O)NCCc1ncno1. The molecule has 8 heteroatoms. The first kappa shape index (κ1) is 13.9. The number of carbonyl (C=O) groups excluding carboxylic acids is 1. The van der Waals surface area contributed by atoms with Crippen molar-refractivity contribution in [3.63, 3.8) is 0 Å². The first-order valence-electron chi connectivity index (χ1n) is 5.69. The Bertz CT molecular complexity index is 618. The lowest BCUT2D eigenvalue weighted by atomic mass is 10.2. The molecular weight excluding hydrogens is 282 g/mol. The van der Waals surface area contributed by atoms with Crippen LogP contribution in [0.2, 0.25) is 0 Å². The van der Waals surface area contributed by atoms with Crippen molar-refractivity contribution in [2.75, 3.05) is 6.54 Å². The van der Waals surface area contributed by atoms with Gasteiger partial charge in [0.25, 0.3) is 5.91 Å². The van der Waals surface area contributed by atoms with Gasteiger partial charge < -0.3 is 14.9 Å². The monoisotopic (exact) mass is 293 g/mol. The Morgan fingerprint density at radius 2 is 2.35 bits per heavy atom. The maximum Gasteiger partial charge on any atom is 0.328 e. The van der Waals surface area contributed by atoms with E-state index in [1.165, 1.54) is 23.7 Å². The highest BCUT2D eigenvalue weighted by Crippen LogP contribution is 2.18. The third kappa shape index (κ3) is 3.75. The average molecular weight is 293 g/mol. The molecule has 0 fully saturated rings. The fourth-order valence-electron chi connectivity index (χ4n) is 1.47. The van der Waals surface area contributed by atoms with Crippen molar-refractivity contribution in [3.8, 4) is 0 Å². The fourth-order valence-corrected chi connectivity index (χ4v) is 2.27. The lowest BCUT2D eigenvalue weighted by molar-refractivity contribution is -0.131. The van der Waals surface area contributed by atoms with Crippen molar-refractivity contribution in [1.82, 2.24) is 15.5 Å². The van der Waals surface area contributed by atoms with Crippen LogP contribution in [0, 0.1) is 0 Å². The zero-order valence-electron chi connectivity index (χ0n) is 10.3. The van der Waals surface area contributed by atoms with Crippen LogP contribution in [0.3, 0.4) is 0 Å². The Hall–Kier alpha value is -2.48. The van der Waals surface area contributed by atoms with E-state index in [2.05, 4.69) is 15.5 Å². The number of carbonyl (C=O) groups is 2. The Morgan fingerprint density at radius 1 is 1.50 bits per heavy atom. The molecule has 0 radical (unpaired) electrons. The van der Waals surface area contributed by atoms with Crippen molar-refractivity contribution in [1.29, 1.82) is 0 Å². The molecule has 2 heterocycles. The number of aliphatic carboxylic acids is 1. The van der Waals surface area contributed by atoms with Crippen LogP contribution >= 0.6 is 11.3 Å². The predicted molar refractivity (Wildman–Crippen MR) is 71.3 cm³/mol. The number of nitrogens with zero attached hydrogens (tertiary/aromatic N) is 2. The Kier molecular flexibility index (Phi) is 4.61. The van der Waals surface area contributed by atoms with Gasteiger partial charge in [-0.25, -0.2) is 4.79 Å². The lowest BCUT2D eigenvalue weighted by Gasteiger charge is -2.02. The van der Waals surface area contributed by atoms with Gasteiger partial charge in [0.1, 0.15) is 0 Å². The molecule has 7 nitrogen and oxygen atoms in total. The second-order valence-electron chi connectivity index (χ2n) is 3.72. The molecule has 1 amide bonds. The highest BCUT2D eigenvalue weighted by Gasteiger charge is 2.11. The van der Waals surface area contributed by atoms with E-state index in [0.29, 0.717) is 29.3 Å². The molecule has 20 heavy (non-hydrogen) atoms. The van der Waals surface area contributed by atoms with Crippen LogP contribution in [0.1, 0.15) is 21.1 Å². The van der Waals surface area contributed by atoms with E-state index in [1.54, 1.807) is 11.4 Å². The molecule has 0 aliphatic carbocycles. The number of amides is 1. The molecular formula is C12H11N3O4S. The quantitative estimate of drug-likeness (QED) is 0.775. The molecule has 0 saturated carbocycles. The van der Waals surface area contributed by atoms with E-state index in [9.17, 15) is 9.59 Å². The Labute approximate surface area is 117 Å². The molecule has 2 rings (SSSR count). The molecule has 0 aliphatic heterocycles. The third-order valence-corrected chi connectivity index (χ3v) is 3.27. The number of hydrogen-bond donors (Lipinski definition) is 2. The van der Waals surface area contributed by atoms with E-state index < -0.39 is 5.97 Å². The largest absolute Gasteiger partial charge is 0.478 e. The van der Waals surface area contributed by atoms with Crippen LogP contribution in [0.5, 0.6) is 0 Å². The molecule has 0 bridgehead atoms. The standard InChI is InChI=1S/C12H11N3O4S/c16-10(17)2-1-8-4-6-20-11(8)12(18)13-5-3-9-14-7-15-19-9/h1-2,4,6-7H,3,5H2,(H,13,18)(H,16,17)/b2-1+. The minimum atomic E-state index is -1.06. The van der Waals surface area contributed by atoms with Gasteiger partial charge in [-0.05, 0) is 23.1 Å². The molecule has 104 valence electrons. The number of rotatable bonds is 6. The van der Waals surface area contributed by atoms with Gasteiger partial charge >= 0.3 is 5.97 Å². The van der Waals surface area contributed by atoms with Crippen LogP contribution in [0.25, 0.3) is 6.08 Å². The minimum absolute atomic E-state index is 0.260.